The molecule has 1 rings (SSSR count). The highest BCUT2D eigenvalue weighted by Crippen LogP contribution is 2.24. The molecule has 5 heteroatoms. The topological polar surface area (TPSA) is 56.8 Å². The lowest BCUT2D eigenvalue weighted by molar-refractivity contribution is -0.116. The number of hydrogen-bond acceptors (Lipinski definition) is 4. The maximum absolute atomic E-state index is 11.5. The Bertz CT molecular complexity index is 443. The standard InChI is InChI=1S/C14H19NO4/c1-17-9-8-15-14(16)7-4-11-10-12(18-2)5-6-13(11)19-3/h4-7,10H,8-9H2,1-3H3,(H,15,16)/b7-4+. The number of ether oxygens (including phenoxy) is 3. The van der Waals surface area contributed by atoms with Gasteiger partial charge in [-0.1, -0.05) is 0 Å². The molecule has 0 aliphatic rings. The molecule has 0 heterocycles. The molecule has 0 aliphatic heterocycles. The molecule has 0 atom stereocenters. The molecular formula is C14H19NO4. The third-order valence-electron chi connectivity index (χ3n) is 2.46. The van der Waals surface area contributed by atoms with Gasteiger partial charge in [0.1, 0.15) is 11.5 Å². The SMILES string of the molecule is COCCNC(=O)/C=C/c1cc(OC)ccc1OC. The first-order valence-corrected chi connectivity index (χ1v) is 5.88. The predicted molar refractivity (Wildman–Crippen MR) is 73.5 cm³/mol. The minimum Gasteiger partial charge on any atom is -0.497 e. The molecule has 0 fully saturated rings. The molecule has 1 amide bonds. The van der Waals surface area contributed by atoms with Gasteiger partial charge in [0, 0.05) is 25.3 Å². The maximum atomic E-state index is 11.5. The number of hydrogen-bond donors (Lipinski definition) is 1. The quantitative estimate of drug-likeness (QED) is 0.599. The van der Waals surface area contributed by atoms with Crippen LogP contribution in [0.3, 0.4) is 0 Å². The van der Waals surface area contributed by atoms with Gasteiger partial charge in [0.2, 0.25) is 5.91 Å². The van der Waals surface area contributed by atoms with Crippen molar-refractivity contribution in [2.45, 2.75) is 0 Å². The van der Waals surface area contributed by atoms with Crippen molar-refractivity contribution in [2.24, 2.45) is 0 Å². The molecule has 0 saturated carbocycles. The highest BCUT2D eigenvalue weighted by molar-refractivity contribution is 5.92. The Balaban J connectivity index is 2.71. The van der Waals surface area contributed by atoms with Gasteiger partial charge >= 0.3 is 0 Å². The Hall–Kier alpha value is -2.01. The lowest BCUT2D eigenvalue weighted by atomic mass is 10.1. The van der Waals surface area contributed by atoms with E-state index in [1.807, 2.05) is 0 Å². The smallest absolute Gasteiger partial charge is 0.244 e. The molecule has 0 bridgehead atoms. The molecule has 0 aromatic heterocycles. The maximum Gasteiger partial charge on any atom is 0.244 e. The number of methoxy groups -OCH3 is 3. The summed E-state index contributed by atoms with van der Waals surface area (Å²) in [5.74, 6) is 1.21. The average Bonchev–Trinajstić information content (AvgIpc) is 2.45. The third kappa shape index (κ3) is 5.01. The first kappa shape index (κ1) is 15.0. The van der Waals surface area contributed by atoms with Crippen molar-refractivity contribution in [3.8, 4) is 11.5 Å². The Morgan fingerprint density at radius 1 is 1.26 bits per heavy atom. The highest BCUT2D eigenvalue weighted by atomic mass is 16.5. The van der Waals surface area contributed by atoms with Crippen LogP contribution in [0.15, 0.2) is 24.3 Å². The van der Waals surface area contributed by atoms with Crippen LogP contribution in [0.4, 0.5) is 0 Å². The van der Waals surface area contributed by atoms with E-state index < -0.39 is 0 Å². The third-order valence-corrected chi connectivity index (χ3v) is 2.46. The van der Waals surface area contributed by atoms with E-state index in [1.165, 1.54) is 6.08 Å². The van der Waals surface area contributed by atoms with Crippen molar-refractivity contribution >= 4 is 12.0 Å². The van der Waals surface area contributed by atoms with Crippen LogP contribution < -0.4 is 14.8 Å². The molecule has 0 aliphatic carbocycles. The number of rotatable bonds is 7. The van der Waals surface area contributed by atoms with Crippen LogP contribution in [0.2, 0.25) is 0 Å². The van der Waals surface area contributed by atoms with Crippen LogP contribution in [0.25, 0.3) is 6.08 Å². The summed E-state index contributed by atoms with van der Waals surface area (Å²) in [7, 11) is 4.76. The Labute approximate surface area is 113 Å². The van der Waals surface area contributed by atoms with Gasteiger partial charge in [-0.25, -0.2) is 0 Å². The number of carbonyl (C=O) groups is 1. The summed E-state index contributed by atoms with van der Waals surface area (Å²) in [5.41, 5.74) is 0.781. The zero-order valence-electron chi connectivity index (χ0n) is 11.4. The molecule has 0 spiro atoms. The number of amides is 1. The van der Waals surface area contributed by atoms with Gasteiger partial charge in [0.25, 0.3) is 0 Å². The lowest BCUT2D eigenvalue weighted by Crippen LogP contribution is -2.24. The fourth-order valence-corrected chi connectivity index (χ4v) is 1.47. The summed E-state index contributed by atoms with van der Waals surface area (Å²) in [5, 5.41) is 2.70. The summed E-state index contributed by atoms with van der Waals surface area (Å²) in [6.07, 6.45) is 3.14. The summed E-state index contributed by atoms with van der Waals surface area (Å²) in [4.78, 5) is 11.5. The molecule has 0 saturated heterocycles. The van der Waals surface area contributed by atoms with E-state index in [9.17, 15) is 4.79 Å². The molecule has 1 aromatic rings. The Morgan fingerprint density at radius 2 is 2.05 bits per heavy atom. The molecule has 0 radical (unpaired) electrons. The van der Waals surface area contributed by atoms with Gasteiger partial charge in [-0.2, -0.15) is 0 Å². The van der Waals surface area contributed by atoms with Crippen molar-refractivity contribution in [1.82, 2.24) is 5.32 Å². The molecule has 1 aromatic carbocycles. The van der Waals surface area contributed by atoms with Gasteiger partial charge in [-0.05, 0) is 24.3 Å². The van der Waals surface area contributed by atoms with Gasteiger partial charge in [-0.15, -0.1) is 0 Å². The van der Waals surface area contributed by atoms with Crippen molar-refractivity contribution in [2.75, 3.05) is 34.5 Å². The van der Waals surface area contributed by atoms with Crippen molar-refractivity contribution in [1.29, 1.82) is 0 Å². The minimum atomic E-state index is -0.179. The van der Waals surface area contributed by atoms with Gasteiger partial charge < -0.3 is 19.5 Å². The van der Waals surface area contributed by atoms with Crippen LogP contribution in [-0.4, -0.2) is 40.4 Å². The number of benzene rings is 1. The van der Waals surface area contributed by atoms with Crippen molar-refractivity contribution in [3.63, 3.8) is 0 Å². The Kier molecular flexibility index (Phi) is 6.46. The zero-order chi connectivity index (χ0) is 14.1. The van der Waals surface area contributed by atoms with E-state index in [0.717, 1.165) is 5.56 Å². The molecule has 0 unspecified atom stereocenters. The van der Waals surface area contributed by atoms with Crippen LogP contribution >= 0.6 is 0 Å². The second kappa shape index (κ2) is 8.16. The van der Waals surface area contributed by atoms with Crippen LogP contribution in [0.5, 0.6) is 11.5 Å². The largest absolute Gasteiger partial charge is 0.497 e. The molecule has 5 nitrogen and oxygen atoms in total. The van der Waals surface area contributed by atoms with E-state index in [2.05, 4.69) is 5.32 Å². The second-order valence-electron chi connectivity index (χ2n) is 3.73. The van der Waals surface area contributed by atoms with E-state index in [0.29, 0.717) is 24.7 Å². The highest BCUT2D eigenvalue weighted by Gasteiger charge is 2.02. The number of nitrogens with one attached hydrogen (secondary N) is 1. The zero-order valence-corrected chi connectivity index (χ0v) is 11.4. The molecule has 19 heavy (non-hydrogen) atoms. The van der Waals surface area contributed by atoms with Crippen molar-refractivity contribution in [3.05, 3.63) is 29.8 Å². The predicted octanol–water partition coefficient (Wildman–Crippen LogP) is 1.48. The van der Waals surface area contributed by atoms with E-state index in [1.54, 1.807) is 45.6 Å². The first-order valence-electron chi connectivity index (χ1n) is 5.88. The summed E-state index contributed by atoms with van der Waals surface area (Å²) in [6.45, 7) is 0.969. The lowest BCUT2D eigenvalue weighted by Gasteiger charge is -2.07. The molecule has 1 N–H and O–H groups in total. The Morgan fingerprint density at radius 3 is 2.68 bits per heavy atom. The first-order chi connectivity index (χ1) is 9.21. The second-order valence-corrected chi connectivity index (χ2v) is 3.73. The van der Waals surface area contributed by atoms with Crippen molar-refractivity contribution < 1.29 is 19.0 Å². The fraction of sp³-hybridized carbons (Fsp3) is 0.357. The summed E-state index contributed by atoms with van der Waals surface area (Å²) >= 11 is 0. The van der Waals surface area contributed by atoms with E-state index in [-0.39, 0.29) is 5.91 Å². The monoisotopic (exact) mass is 265 g/mol. The molecular weight excluding hydrogens is 246 g/mol. The normalized spacial score (nSPS) is 10.5. The fourth-order valence-electron chi connectivity index (χ4n) is 1.47. The van der Waals surface area contributed by atoms with Gasteiger partial charge in [-0.3, -0.25) is 4.79 Å². The van der Waals surface area contributed by atoms with E-state index in [4.69, 9.17) is 14.2 Å². The van der Waals surface area contributed by atoms with Crippen LogP contribution in [-0.2, 0) is 9.53 Å². The summed E-state index contributed by atoms with van der Waals surface area (Å²) < 4.78 is 15.2. The van der Waals surface area contributed by atoms with Gasteiger partial charge in [0.15, 0.2) is 0 Å². The average molecular weight is 265 g/mol. The van der Waals surface area contributed by atoms with Crippen LogP contribution in [0.1, 0.15) is 5.56 Å². The van der Waals surface area contributed by atoms with Gasteiger partial charge in [0.05, 0.1) is 20.8 Å². The molecule has 104 valence electrons. The minimum absolute atomic E-state index is 0.179. The van der Waals surface area contributed by atoms with E-state index >= 15 is 0 Å². The van der Waals surface area contributed by atoms with Crippen LogP contribution in [0, 0.1) is 0 Å². The summed E-state index contributed by atoms with van der Waals surface area (Å²) in [6, 6.07) is 5.40. The number of carbonyl (C=O) groups excluding carboxylic acids is 1.